The Bertz CT molecular complexity index is 855. The molecule has 0 aliphatic heterocycles. The summed E-state index contributed by atoms with van der Waals surface area (Å²) in [6.45, 7) is 0. The average Bonchev–Trinajstić information content (AvgIpc) is 2.84. The van der Waals surface area contributed by atoms with E-state index in [0.29, 0.717) is 16.0 Å². The normalized spacial score (nSPS) is 20.3. The van der Waals surface area contributed by atoms with Crippen molar-refractivity contribution in [2.24, 2.45) is 0 Å². The van der Waals surface area contributed by atoms with E-state index < -0.39 is 34.1 Å². The van der Waals surface area contributed by atoms with Gasteiger partial charge in [0.25, 0.3) is 5.92 Å². The number of hydrogen-bond donors (Lipinski definition) is 1. The van der Waals surface area contributed by atoms with Crippen LogP contribution in [0.4, 0.5) is 13.2 Å². The van der Waals surface area contributed by atoms with Crippen LogP contribution in [0.15, 0.2) is 28.5 Å². The van der Waals surface area contributed by atoms with Gasteiger partial charge in [0.05, 0.1) is 0 Å². The van der Waals surface area contributed by atoms with Crippen molar-refractivity contribution in [3.05, 3.63) is 41.2 Å². The van der Waals surface area contributed by atoms with Crippen molar-refractivity contribution >= 4 is 21.2 Å². The molecule has 0 unspecified atom stereocenters. The molecule has 8 heteroatoms. The Kier molecular flexibility index (Phi) is 3.81. The molecule has 0 amide bonds. The fraction of sp³-hybridized carbons (Fsp3) is 0.333. The first-order valence-electron chi connectivity index (χ1n) is 6.78. The first kappa shape index (κ1) is 16.5. The number of sulfone groups is 1. The van der Waals surface area contributed by atoms with Crippen LogP contribution in [0.25, 0.3) is 10.4 Å². The van der Waals surface area contributed by atoms with Crippen LogP contribution >= 0.6 is 11.3 Å². The molecule has 0 radical (unpaired) electrons. The molecular formula is C15H13F3O3S2. The molecule has 1 aliphatic carbocycles. The number of aliphatic hydroxyl groups excluding tert-OH is 1. The van der Waals surface area contributed by atoms with Gasteiger partial charge < -0.3 is 5.11 Å². The van der Waals surface area contributed by atoms with Gasteiger partial charge in [-0.3, -0.25) is 0 Å². The van der Waals surface area contributed by atoms with E-state index in [4.69, 9.17) is 0 Å². The summed E-state index contributed by atoms with van der Waals surface area (Å²) in [7, 11) is -3.77. The Morgan fingerprint density at radius 3 is 2.43 bits per heavy atom. The van der Waals surface area contributed by atoms with Crippen LogP contribution in [0.5, 0.6) is 0 Å². The maximum absolute atomic E-state index is 13.8. The third-order valence-electron chi connectivity index (χ3n) is 3.84. The largest absolute Gasteiger partial charge is 0.382 e. The monoisotopic (exact) mass is 362 g/mol. The van der Waals surface area contributed by atoms with E-state index in [0.717, 1.165) is 17.6 Å². The molecule has 0 fully saturated rings. The fourth-order valence-electron chi connectivity index (χ4n) is 2.73. The number of aliphatic hydroxyl groups is 1. The molecule has 1 aromatic heterocycles. The van der Waals surface area contributed by atoms with Crippen LogP contribution in [0.1, 0.15) is 23.7 Å². The van der Waals surface area contributed by atoms with Gasteiger partial charge >= 0.3 is 0 Å². The highest BCUT2D eigenvalue weighted by molar-refractivity contribution is 7.92. The highest BCUT2D eigenvalue weighted by Gasteiger charge is 2.47. The van der Waals surface area contributed by atoms with Gasteiger partial charge in [-0.15, -0.1) is 11.3 Å². The number of rotatable bonds is 2. The molecule has 1 atom stereocenters. The lowest BCUT2D eigenvalue weighted by atomic mass is 9.87. The lowest BCUT2D eigenvalue weighted by Crippen LogP contribution is -2.32. The van der Waals surface area contributed by atoms with Crippen molar-refractivity contribution in [2.45, 2.75) is 29.1 Å². The zero-order valence-corrected chi connectivity index (χ0v) is 13.6. The standard InChI is InChI=1S/C15H13F3O3S2/c1-23(20,21)14-11-10(6-7-15(17,18)13(11)19)12(22-14)8-2-4-9(16)5-3-8/h2-5,13,19H,6-7H2,1H3/t13-/m0/s1. The molecule has 1 aliphatic rings. The third-order valence-corrected chi connectivity index (χ3v) is 6.98. The Labute approximate surface area is 135 Å². The second kappa shape index (κ2) is 5.32. The zero-order valence-electron chi connectivity index (χ0n) is 12.0. The molecule has 3 rings (SSSR count). The summed E-state index contributed by atoms with van der Waals surface area (Å²) in [6, 6.07) is 5.37. The molecule has 2 aromatic rings. The second-order valence-electron chi connectivity index (χ2n) is 5.55. The Balaban J connectivity index is 2.27. The summed E-state index contributed by atoms with van der Waals surface area (Å²) in [5.41, 5.74) is 0.730. The number of benzene rings is 1. The maximum atomic E-state index is 13.8. The Morgan fingerprint density at radius 2 is 1.87 bits per heavy atom. The van der Waals surface area contributed by atoms with Gasteiger partial charge in [0.15, 0.2) is 9.84 Å². The van der Waals surface area contributed by atoms with E-state index in [1.54, 1.807) is 0 Å². The molecule has 124 valence electrons. The minimum atomic E-state index is -3.77. The van der Waals surface area contributed by atoms with Crippen LogP contribution in [0, 0.1) is 5.82 Å². The second-order valence-corrected chi connectivity index (χ2v) is 8.79. The van der Waals surface area contributed by atoms with Gasteiger partial charge in [-0.25, -0.2) is 21.6 Å². The smallest absolute Gasteiger partial charge is 0.277 e. The maximum Gasteiger partial charge on any atom is 0.277 e. The molecule has 0 spiro atoms. The first-order chi connectivity index (χ1) is 10.6. The molecule has 1 N–H and O–H groups in total. The molecule has 0 saturated heterocycles. The number of hydrogen-bond acceptors (Lipinski definition) is 4. The van der Waals surface area contributed by atoms with E-state index in [-0.39, 0.29) is 16.2 Å². The fourth-order valence-corrected chi connectivity index (χ4v) is 5.34. The van der Waals surface area contributed by atoms with Gasteiger partial charge in [0.2, 0.25) is 0 Å². The highest BCUT2D eigenvalue weighted by atomic mass is 32.2. The van der Waals surface area contributed by atoms with Gasteiger partial charge in [-0.1, -0.05) is 12.1 Å². The van der Waals surface area contributed by atoms with Crippen LogP contribution in [-0.4, -0.2) is 25.7 Å². The molecule has 0 bridgehead atoms. The van der Waals surface area contributed by atoms with Crippen LogP contribution in [0.3, 0.4) is 0 Å². The van der Waals surface area contributed by atoms with Crippen molar-refractivity contribution in [1.29, 1.82) is 0 Å². The molecule has 3 nitrogen and oxygen atoms in total. The van der Waals surface area contributed by atoms with Gasteiger partial charge in [0.1, 0.15) is 16.1 Å². The summed E-state index contributed by atoms with van der Waals surface area (Å²) < 4.78 is 64.4. The van der Waals surface area contributed by atoms with Crippen LogP contribution in [0.2, 0.25) is 0 Å². The number of alkyl halides is 2. The molecule has 0 saturated carbocycles. The van der Waals surface area contributed by atoms with Crippen LogP contribution < -0.4 is 0 Å². The minimum absolute atomic E-state index is 0.0435. The first-order valence-corrected chi connectivity index (χ1v) is 9.49. The molecular weight excluding hydrogens is 349 g/mol. The van der Waals surface area contributed by atoms with E-state index in [1.807, 2.05) is 0 Å². The van der Waals surface area contributed by atoms with Crippen molar-refractivity contribution in [1.82, 2.24) is 0 Å². The van der Waals surface area contributed by atoms with Crippen molar-refractivity contribution in [3.8, 4) is 10.4 Å². The lowest BCUT2D eigenvalue weighted by Gasteiger charge is -2.29. The Hall–Kier alpha value is -1.38. The quantitative estimate of drug-likeness (QED) is 0.889. The summed E-state index contributed by atoms with van der Waals surface area (Å²) in [5, 5.41) is 9.97. The van der Waals surface area contributed by atoms with Crippen molar-refractivity contribution in [3.63, 3.8) is 0 Å². The van der Waals surface area contributed by atoms with E-state index in [1.165, 1.54) is 24.3 Å². The predicted octanol–water partition coefficient (Wildman–Crippen LogP) is 3.57. The third kappa shape index (κ3) is 2.79. The number of thiophene rings is 1. The number of halogens is 3. The summed E-state index contributed by atoms with van der Waals surface area (Å²) in [5.74, 6) is -3.82. The van der Waals surface area contributed by atoms with Gasteiger partial charge in [-0.05, 0) is 29.7 Å². The average molecular weight is 362 g/mol. The molecule has 1 aromatic carbocycles. The predicted molar refractivity (Wildman–Crippen MR) is 81.1 cm³/mol. The Morgan fingerprint density at radius 1 is 1.26 bits per heavy atom. The van der Waals surface area contributed by atoms with E-state index in [9.17, 15) is 26.7 Å². The summed E-state index contributed by atoms with van der Waals surface area (Å²) in [4.78, 5) is 0.481. The number of fused-ring (bicyclic) bond motifs is 1. The lowest BCUT2D eigenvalue weighted by molar-refractivity contribution is -0.122. The van der Waals surface area contributed by atoms with E-state index >= 15 is 0 Å². The van der Waals surface area contributed by atoms with Crippen molar-refractivity contribution in [2.75, 3.05) is 6.26 Å². The summed E-state index contributed by atoms with van der Waals surface area (Å²) >= 11 is 0.842. The SMILES string of the molecule is CS(=O)(=O)c1sc(-c2ccc(F)cc2)c2c1[C@H](O)C(F)(F)CC2. The van der Waals surface area contributed by atoms with Gasteiger partial charge in [0, 0.05) is 23.1 Å². The molecule has 23 heavy (non-hydrogen) atoms. The minimum Gasteiger partial charge on any atom is -0.382 e. The topological polar surface area (TPSA) is 54.4 Å². The zero-order chi connectivity index (χ0) is 17.0. The van der Waals surface area contributed by atoms with Crippen molar-refractivity contribution < 1.29 is 26.7 Å². The highest BCUT2D eigenvalue weighted by Crippen LogP contribution is 2.50. The van der Waals surface area contributed by atoms with E-state index in [2.05, 4.69) is 0 Å². The molecule has 1 heterocycles. The van der Waals surface area contributed by atoms with Crippen LogP contribution in [-0.2, 0) is 16.3 Å². The summed E-state index contributed by atoms with van der Waals surface area (Å²) in [6.07, 6.45) is -1.83. The van der Waals surface area contributed by atoms with Gasteiger partial charge in [-0.2, -0.15) is 0 Å².